The van der Waals surface area contributed by atoms with Gasteiger partial charge >= 0.3 is 5.97 Å². The summed E-state index contributed by atoms with van der Waals surface area (Å²) in [5, 5.41) is 5.41. The van der Waals surface area contributed by atoms with E-state index in [9.17, 15) is 14.4 Å². The van der Waals surface area contributed by atoms with E-state index in [-0.39, 0.29) is 23.8 Å². The van der Waals surface area contributed by atoms with Gasteiger partial charge in [0.05, 0.1) is 18.1 Å². The van der Waals surface area contributed by atoms with E-state index in [1.807, 2.05) is 66.9 Å². The summed E-state index contributed by atoms with van der Waals surface area (Å²) < 4.78 is 5.25. The maximum atomic E-state index is 12.8. The average Bonchev–Trinajstić information content (AvgIpc) is 3.27. The summed E-state index contributed by atoms with van der Waals surface area (Å²) in [4.78, 5) is 44.7. The quantitative estimate of drug-likeness (QED) is 0.189. The number of nitrogens with one attached hydrogen (secondary N) is 2. The molecule has 2 aromatic heterocycles. The lowest BCUT2D eigenvalue weighted by atomic mass is 10.0. The molecule has 0 atom stereocenters. The molecule has 2 N–H and O–H groups in total. The maximum absolute atomic E-state index is 12.8. The molecule has 7 nitrogen and oxygen atoms in total. The first kappa shape index (κ1) is 24.4. The predicted molar refractivity (Wildman–Crippen MR) is 140 cm³/mol. The van der Waals surface area contributed by atoms with Crippen molar-refractivity contribution in [2.75, 3.05) is 17.7 Å². The van der Waals surface area contributed by atoms with Crippen LogP contribution in [0.4, 0.5) is 5.00 Å². The molecular weight excluding hydrogens is 482 g/mol. The molecule has 4 aromatic rings. The third kappa shape index (κ3) is 6.06. The molecule has 178 valence electrons. The zero-order chi connectivity index (χ0) is 24.8. The van der Waals surface area contributed by atoms with Gasteiger partial charge in [-0.15, -0.1) is 11.3 Å². The van der Waals surface area contributed by atoms with E-state index in [4.69, 9.17) is 4.74 Å². The van der Waals surface area contributed by atoms with Gasteiger partial charge in [-0.3, -0.25) is 9.59 Å². The number of anilines is 1. The van der Waals surface area contributed by atoms with E-state index < -0.39 is 5.97 Å². The average molecular weight is 506 g/mol. The fourth-order valence-corrected chi connectivity index (χ4v) is 5.01. The molecule has 0 aliphatic rings. The highest BCUT2D eigenvalue weighted by Crippen LogP contribution is 2.36. The molecule has 0 aliphatic heterocycles. The molecule has 0 radical (unpaired) electrons. The molecule has 0 spiro atoms. The van der Waals surface area contributed by atoms with Crippen LogP contribution in [0.15, 0.2) is 76.0 Å². The number of hydrogen-bond donors (Lipinski definition) is 2. The number of esters is 1. The molecule has 0 unspecified atom stereocenters. The third-order valence-corrected chi connectivity index (χ3v) is 6.78. The van der Waals surface area contributed by atoms with Crippen molar-refractivity contribution in [3.63, 3.8) is 0 Å². The number of thioether (sulfide) groups is 1. The van der Waals surface area contributed by atoms with Crippen molar-refractivity contribution in [3.05, 3.63) is 87.5 Å². The highest BCUT2D eigenvalue weighted by molar-refractivity contribution is 7.99. The zero-order valence-electron chi connectivity index (χ0n) is 19.2. The van der Waals surface area contributed by atoms with Crippen molar-refractivity contribution >= 4 is 40.0 Å². The summed E-state index contributed by atoms with van der Waals surface area (Å²) in [6, 6.07) is 18.6. The molecule has 0 saturated carbocycles. The van der Waals surface area contributed by atoms with Gasteiger partial charge in [0, 0.05) is 22.6 Å². The summed E-state index contributed by atoms with van der Waals surface area (Å²) in [6.07, 6.45) is 0. The van der Waals surface area contributed by atoms with Crippen LogP contribution >= 0.6 is 23.1 Å². The number of thiophene rings is 1. The Hall–Kier alpha value is -3.69. The fourth-order valence-electron chi connectivity index (χ4n) is 3.36. The SMILES string of the molecule is CCOC(=O)c1c(-c2ccc(C)cc2)csc1NC(=O)CSc1nc(-c2ccccc2)cc(=O)[nH]1. The Morgan fingerprint density at radius 3 is 2.54 bits per heavy atom. The van der Waals surface area contributed by atoms with Gasteiger partial charge in [-0.2, -0.15) is 0 Å². The highest BCUT2D eigenvalue weighted by atomic mass is 32.2. The molecule has 0 saturated heterocycles. The minimum atomic E-state index is -0.492. The Morgan fingerprint density at radius 2 is 1.83 bits per heavy atom. The standard InChI is InChI=1S/C26H23N3O4S2/c1-3-33-25(32)23-19(17-11-9-16(2)10-12-17)14-34-24(23)28-22(31)15-35-26-27-20(13-21(30)29-26)18-7-5-4-6-8-18/h4-14H,3,15H2,1-2H3,(H,28,31)(H,27,29,30). The molecule has 2 aromatic carbocycles. The Kier molecular flexibility index (Phi) is 7.79. The largest absolute Gasteiger partial charge is 0.462 e. The number of benzene rings is 2. The second kappa shape index (κ2) is 11.2. The van der Waals surface area contributed by atoms with Gasteiger partial charge in [-0.05, 0) is 19.4 Å². The number of aryl methyl sites for hydroxylation is 1. The summed E-state index contributed by atoms with van der Waals surface area (Å²) in [5.74, 6) is -0.819. The van der Waals surface area contributed by atoms with E-state index in [1.54, 1.807) is 6.92 Å². The first-order valence-electron chi connectivity index (χ1n) is 10.9. The molecule has 0 fully saturated rings. The van der Waals surface area contributed by atoms with Crippen molar-refractivity contribution in [1.29, 1.82) is 0 Å². The van der Waals surface area contributed by atoms with Gasteiger partial charge in [0.25, 0.3) is 5.56 Å². The Morgan fingerprint density at radius 1 is 1.09 bits per heavy atom. The number of aromatic nitrogens is 2. The van der Waals surface area contributed by atoms with Crippen LogP contribution in [0, 0.1) is 6.92 Å². The van der Waals surface area contributed by atoms with E-state index in [1.165, 1.54) is 17.4 Å². The smallest absolute Gasteiger partial charge is 0.341 e. The number of rotatable bonds is 8. The number of carbonyl (C=O) groups excluding carboxylic acids is 2. The second-order valence-corrected chi connectivity index (χ2v) is 9.42. The first-order valence-corrected chi connectivity index (χ1v) is 12.8. The van der Waals surface area contributed by atoms with Crippen LogP contribution in [0.3, 0.4) is 0 Å². The summed E-state index contributed by atoms with van der Waals surface area (Å²) in [7, 11) is 0. The molecule has 0 bridgehead atoms. The number of nitrogens with zero attached hydrogens (tertiary/aromatic N) is 1. The topological polar surface area (TPSA) is 101 Å². The maximum Gasteiger partial charge on any atom is 0.341 e. The molecule has 9 heteroatoms. The lowest BCUT2D eigenvalue weighted by molar-refractivity contribution is -0.113. The van der Waals surface area contributed by atoms with Crippen molar-refractivity contribution in [3.8, 4) is 22.4 Å². The molecule has 2 heterocycles. The zero-order valence-corrected chi connectivity index (χ0v) is 20.8. The van der Waals surface area contributed by atoms with Crippen LogP contribution in [0.1, 0.15) is 22.8 Å². The fraction of sp³-hybridized carbons (Fsp3) is 0.154. The van der Waals surface area contributed by atoms with Crippen LogP contribution < -0.4 is 10.9 Å². The normalized spacial score (nSPS) is 10.7. The Labute approximate surface area is 210 Å². The third-order valence-electron chi connectivity index (χ3n) is 5.02. The highest BCUT2D eigenvalue weighted by Gasteiger charge is 2.23. The second-order valence-electron chi connectivity index (χ2n) is 7.58. The van der Waals surface area contributed by atoms with E-state index in [2.05, 4.69) is 15.3 Å². The van der Waals surface area contributed by atoms with Gasteiger partial charge in [-0.25, -0.2) is 9.78 Å². The molecular formula is C26H23N3O4S2. The Bertz CT molecular complexity index is 1400. The molecule has 0 aliphatic carbocycles. The minimum Gasteiger partial charge on any atom is -0.462 e. The lowest BCUT2D eigenvalue weighted by Gasteiger charge is -2.09. The Balaban J connectivity index is 1.51. The van der Waals surface area contributed by atoms with Crippen LogP contribution in [-0.2, 0) is 9.53 Å². The number of hydrogen-bond acceptors (Lipinski definition) is 7. The van der Waals surface area contributed by atoms with Crippen LogP contribution in [0.25, 0.3) is 22.4 Å². The molecule has 4 rings (SSSR count). The van der Waals surface area contributed by atoms with Crippen molar-refractivity contribution in [1.82, 2.24) is 9.97 Å². The van der Waals surface area contributed by atoms with E-state index in [0.29, 0.717) is 27.0 Å². The summed E-state index contributed by atoms with van der Waals surface area (Å²) in [5.41, 5.74) is 4.05. The van der Waals surface area contributed by atoms with E-state index in [0.717, 1.165) is 28.5 Å². The van der Waals surface area contributed by atoms with Gasteiger partial charge in [-0.1, -0.05) is 71.9 Å². The number of carbonyl (C=O) groups is 2. The van der Waals surface area contributed by atoms with Crippen molar-refractivity contribution in [2.24, 2.45) is 0 Å². The summed E-state index contributed by atoms with van der Waals surface area (Å²) >= 11 is 2.38. The number of H-pyrrole nitrogens is 1. The van der Waals surface area contributed by atoms with Crippen LogP contribution in [-0.4, -0.2) is 34.2 Å². The lowest BCUT2D eigenvalue weighted by Crippen LogP contribution is -2.17. The van der Waals surface area contributed by atoms with E-state index >= 15 is 0 Å². The minimum absolute atomic E-state index is 0.00120. The molecule has 35 heavy (non-hydrogen) atoms. The number of aromatic amines is 1. The monoisotopic (exact) mass is 505 g/mol. The predicted octanol–water partition coefficient (Wildman–Crippen LogP) is 5.38. The first-order chi connectivity index (χ1) is 16.9. The van der Waals surface area contributed by atoms with Crippen LogP contribution in [0.2, 0.25) is 0 Å². The van der Waals surface area contributed by atoms with Gasteiger partial charge in [0.2, 0.25) is 5.91 Å². The number of ether oxygens (including phenoxy) is 1. The van der Waals surface area contributed by atoms with Crippen molar-refractivity contribution in [2.45, 2.75) is 19.0 Å². The van der Waals surface area contributed by atoms with Gasteiger partial charge in [0.15, 0.2) is 5.16 Å². The van der Waals surface area contributed by atoms with Gasteiger partial charge in [0.1, 0.15) is 10.6 Å². The van der Waals surface area contributed by atoms with Crippen molar-refractivity contribution < 1.29 is 14.3 Å². The number of amides is 1. The van der Waals surface area contributed by atoms with Gasteiger partial charge < -0.3 is 15.0 Å². The summed E-state index contributed by atoms with van der Waals surface area (Å²) in [6.45, 7) is 3.95. The molecule has 1 amide bonds. The van der Waals surface area contributed by atoms with Crippen LogP contribution in [0.5, 0.6) is 0 Å².